The van der Waals surface area contributed by atoms with Gasteiger partial charge in [-0.2, -0.15) is 0 Å². The van der Waals surface area contributed by atoms with Crippen LogP contribution in [0.25, 0.3) is 10.8 Å². The Morgan fingerprint density at radius 1 is 0.615 bits per heavy atom. The first-order valence-corrected chi connectivity index (χ1v) is 10.3. The molecule has 0 amide bonds. The third kappa shape index (κ3) is 3.55. The summed E-state index contributed by atoms with van der Waals surface area (Å²) in [6, 6.07) is 37.0. The number of nitrogens with one attached hydrogen (secondary N) is 1. The number of hydrogen-bond donors (Lipinski definition) is 1. The zero-order valence-corrected chi connectivity index (χ0v) is 15.7. The summed E-state index contributed by atoms with van der Waals surface area (Å²) in [7, 11) is -0.619. The Kier molecular flexibility index (Phi) is 5.11. The van der Waals surface area contributed by atoms with Gasteiger partial charge in [-0.05, 0) is 33.9 Å². The first-order chi connectivity index (χ1) is 12.8. The van der Waals surface area contributed by atoms with Gasteiger partial charge < -0.3 is 0 Å². The molecule has 1 nitrogen and oxygen atoms in total. The van der Waals surface area contributed by atoms with Gasteiger partial charge in [-0.15, -0.1) is 0 Å². The molecule has 4 aromatic carbocycles. The summed E-state index contributed by atoms with van der Waals surface area (Å²) in [5.41, 5.74) is 1.35. The lowest BCUT2D eigenvalue weighted by atomic mass is 10.0. The lowest BCUT2D eigenvalue weighted by Gasteiger charge is -2.25. The van der Waals surface area contributed by atoms with Gasteiger partial charge in [0.05, 0.1) is 0 Å². The van der Waals surface area contributed by atoms with Crippen molar-refractivity contribution in [2.75, 3.05) is 0 Å². The van der Waals surface area contributed by atoms with Gasteiger partial charge in [0.15, 0.2) is 0 Å². The van der Waals surface area contributed by atoms with Crippen molar-refractivity contribution in [1.29, 1.82) is 0 Å². The van der Waals surface area contributed by atoms with Crippen molar-refractivity contribution in [2.45, 2.75) is 13.0 Å². The molecular formula is C24H22NP. The molecular weight excluding hydrogens is 333 g/mol. The Bertz CT molecular complexity index is 938. The molecule has 0 spiro atoms. The van der Waals surface area contributed by atoms with Crippen LogP contribution in [0.2, 0.25) is 0 Å². The molecule has 0 saturated carbocycles. The van der Waals surface area contributed by atoms with Crippen molar-refractivity contribution in [3.8, 4) is 0 Å². The van der Waals surface area contributed by atoms with Gasteiger partial charge in [0, 0.05) is 14.1 Å². The second kappa shape index (κ2) is 7.83. The van der Waals surface area contributed by atoms with Gasteiger partial charge in [0.1, 0.15) is 0 Å². The van der Waals surface area contributed by atoms with E-state index in [-0.39, 0.29) is 6.04 Å². The number of benzene rings is 4. The summed E-state index contributed by atoms with van der Waals surface area (Å²) in [6.07, 6.45) is 0. The van der Waals surface area contributed by atoms with E-state index in [1.54, 1.807) is 0 Å². The molecule has 128 valence electrons. The smallest absolute Gasteiger partial charge is 0.0339 e. The molecule has 1 atom stereocenters. The molecule has 0 unspecified atom stereocenters. The van der Waals surface area contributed by atoms with Crippen LogP contribution in [0.5, 0.6) is 0 Å². The Hall–Kier alpha value is -2.47. The molecule has 26 heavy (non-hydrogen) atoms. The van der Waals surface area contributed by atoms with E-state index in [4.69, 9.17) is 0 Å². The van der Waals surface area contributed by atoms with Crippen molar-refractivity contribution in [2.24, 2.45) is 0 Å². The molecule has 4 rings (SSSR count). The van der Waals surface area contributed by atoms with E-state index in [1.807, 2.05) is 0 Å². The predicted molar refractivity (Wildman–Crippen MR) is 115 cm³/mol. The van der Waals surface area contributed by atoms with E-state index in [0.29, 0.717) is 0 Å². The number of hydrogen-bond acceptors (Lipinski definition) is 1. The van der Waals surface area contributed by atoms with Crippen LogP contribution in [0.15, 0.2) is 103 Å². The lowest BCUT2D eigenvalue weighted by molar-refractivity contribution is 0.755. The van der Waals surface area contributed by atoms with Crippen LogP contribution < -0.4 is 15.7 Å². The van der Waals surface area contributed by atoms with Gasteiger partial charge >= 0.3 is 0 Å². The maximum absolute atomic E-state index is 3.92. The topological polar surface area (TPSA) is 12.0 Å². The van der Waals surface area contributed by atoms with Crippen LogP contribution in [-0.4, -0.2) is 0 Å². The van der Waals surface area contributed by atoms with E-state index >= 15 is 0 Å². The SMILES string of the molecule is C[C@@H](NP(c1ccccc1)c1ccccc1)c1cccc2ccccc12. The quantitative estimate of drug-likeness (QED) is 0.464. The third-order valence-electron chi connectivity index (χ3n) is 4.64. The molecule has 0 heterocycles. The minimum Gasteiger partial charge on any atom is -0.282 e. The molecule has 0 aliphatic carbocycles. The average molecular weight is 355 g/mol. The van der Waals surface area contributed by atoms with E-state index in [9.17, 15) is 0 Å². The molecule has 4 aromatic rings. The molecule has 0 aliphatic rings. The van der Waals surface area contributed by atoms with Crippen LogP contribution in [0, 0.1) is 0 Å². The minimum atomic E-state index is -0.619. The van der Waals surface area contributed by atoms with Gasteiger partial charge in [-0.3, -0.25) is 5.09 Å². The molecule has 0 aromatic heterocycles. The van der Waals surface area contributed by atoms with E-state index in [1.165, 1.54) is 26.9 Å². The fourth-order valence-corrected chi connectivity index (χ4v) is 5.41. The Balaban J connectivity index is 1.71. The molecule has 1 N–H and O–H groups in total. The largest absolute Gasteiger partial charge is 0.282 e. The fraction of sp³-hybridized carbons (Fsp3) is 0.0833. The van der Waals surface area contributed by atoms with Gasteiger partial charge in [-0.25, -0.2) is 0 Å². The van der Waals surface area contributed by atoms with Gasteiger partial charge in [0.2, 0.25) is 0 Å². The van der Waals surface area contributed by atoms with Crippen LogP contribution in [0.3, 0.4) is 0 Å². The van der Waals surface area contributed by atoms with Crippen LogP contribution in [0.1, 0.15) is 18.5 Å². The van der Waals surface area contributed by atoms with E-state index in [2.05, 4.69) is 115 Å². The van der Waals surface area contributed by atoms with Crippen molar-refractivity contribution in [1.82, 2.24) is 5.09 Å². The van der Waals surface area contributed by atoms with Gasteiger partial charge in [-0.1, -0.05) is 103 Å². The van der Waals surface area contributed by atoms with Crippen molar-refractivity contribution in [3.63, 3.8) is 0 Å². The molecule has 2 heteroatoms. The van der Waals surface area contributed by atoms with Crippen LogP contribution >= 0.6 is 8.07 Å². The third-order valence-corrected chi connectivity index (χ3v) is 6.92. The predicted octanol–water partition coefficient (Wildman–Crippen LogP) is 5.54. The maximum Gasteiger partial charge on any atom is 0.0339 e. The second-order valence-corrected chi connectivity index (χ2v) is 8.39. The van der Waals surface area contributed by atoms with Crippen LogP contribution in [0.4, 0.5) is 0 Å². The van der Waals surface area contributed by atoms with E-state index < -0.39 is 8.07 Å². The summed E-state index contributed by atoms with van der Waals surface area (Å²) < 4.78 is 0. The number of fused-ring (bicyclic) bond motifs is 1. The summed E-state index contributed by atoms with van der Waals surface area (Å²) in [6.45, 7) is 2.27. The molecule has 0 fully saturated rings. The maximum atomic E-state index is 3.92. The monoisotopic (exact) mass is 355 g/mol. The van der Waals surface area contributed by atoms with Crippen molar-refractivity contribution in [3.05, 3.63) is 109 Å². The Morgan fingerprint density at radius 3 is 1.81 bits per heavy atom. The molecule has 0 bridgehead atoms. The van der Waals surface area contributed by atoms with Crippen molar-refractivity contribution < 1.29 is 0 Å². The van der Waals surface area contributed by atoms with Crippen LogP contribution in [-0.2, 0) is 0 Å². The lowest BCUT2D eigenvalue weighted by Crippen LogP contribution is -2.25. The zero-order chi connectivity index (χ0) is 17.8. The van der Waals surface area contributed by atoms with Crippen molar-refractivity contribution >= 4 is 29.5 Å². The first-order valence-electron chi connectivity index (χ1n) is 8.97. The summed E-state index contributed by atoms with van der Waals surface area (Å²) in [4.78, 5) is 0. The minimum absolute atomic E-state index is 0.257. The summed E-state index contributed by atoms with van der Waals surface area (Å²) in [5.74, 6) is 0. The normalized spacial score (nSPS) is 12.4. The van der Waals surface area contributed by atoms with Gasteiger partial charge in [0.25, 0.3) is 0 Å². The van der Waals surface area contributed by atoms with E-state index in [0.717, 1.165) is 0 Å². The molecule has 0 aliphatic heterocycles. The Morgan fingerprint density at radius 2 is 1.15 bits per heavy atom. The highest BCUT2D eigenvalue weighted by Crippen LogP contribution is 2.34. The highest BCUT2D eigenvalue weighted by molar-refractivity contribution is 7.71. The summed E-state index contributed by atoms with van der Waals surface area (Å²) >= 11 is 0. The first kappa shape index (κ1) is 17.0. The molecule has 0 saturated heterocycles. The standard InChI is InChI=1S/C24H22NP/c1-19(23-18-10-12-20-11-8-9-17-24(20)23)25-26(21-13-4-2-5-14-21)22-15-6-3-7-16-22/h2-19,25H,1H3/t19-/m1/s1. The highest BCUT2D eigenvalue weighted by atomic mass is 31.1. The summed E-state index contributed by atoms with van der Waals surface area (Å²) in [5, 5.41) is 9.24. The zero-order valence-electron chi connectivity index (χ0n) is 14.8. The Labute approximate surface area is 156 Å². The average Bonchev–Trinajstić information content (AvgIpc) is 2.72. The molecule has 0 radical (unpaired) electrons. The highest BCUT2D eigenvalue weighted by Gasteiger charge is 2.18. The second-order valence-electron chi connectivity index (χ2n) is 6.43. The fourth-order valence-electron chi connectivity index (χ4n) is 3.34. The number of rotatable bonds is 5.